The van der Waals surface area contributed by atoms with Crippen molar-refractivity contribution < 1.29 is 14.4 Å². The number of aromatic nitrogens is 2. The van der Waals surface area contributed by atoms with Gasteiger partial charge in [-0.05, 0) is 6.08 Å². The Morgan fingerprint density at radius 1 is 1.45 bits per heavy atom. The summed E-state index contributed by atoms with van der Waals surface area (Å²) in [5.74, 6) is 0.244. The van der Waals surface area contributed by atoms with Crippen molar-refractivity contribution in [3.8, 4) is 16.9 Å². The van der Waals surface area contributed by atoms with Crippen molar-refractivity contribution in [1.82, 2.24) is 9.78 Å². The fourth-order valence-corrected chi connectivity index (χ4v) is 2.45. The van der Waals surface area contributed by atoms with Crippen LogP contribution < -0.4 is 4.74 Å². The molecule has 114 valence electrons. The molecule has 7 heteroatoms. The molecule has 2 heterocycles. The summed E-state index contributed by atoms with van der Waals surface area (Å²) >= 11 is 0. The van der Waals surface area contributed by atoms with E-state index in [-0.39, 0.29) is 11.4 Å². The van der Waals surface area contributed by atoms with Gasteiger partial charge in [0, 0.05) is 35.5 Å². The molecule has 7 nitrogen and oxygen atoms in total. The average Bonchev–Trinajstić information content (AvgIpc) is 3.04. The Morgan fingerprint density at radius 2 is 2.32 bits per heavy atom. The van der Waals surface area contributed by atoms with Crippen molar-refractivity contribution in [2.24, 2.45) is 0 Å². The number of nitro benzene ring substituents is 1. The molecule has 3 rings (SSSR count). The average molecular weight is 301 g/mol. The Balaban J connectivity index is 2.01. The first kappa shape index (κ1) is 14.3. The number of benzene rings is 1. The van der Waals surface area contributed by atoms with Crippen molar-refractivity contribution in [2.75, 3.05) is 20.3 Å². The highest BCUT2D eigenvalue weighted by Crippen LogP contribution is 2.37. The van der Waals surface area contributed by atoms with Gasteiger partial charge in [0.05, 0.1) is 31.4 Å². The number of hydrogen-bond acceptors (Lipinski definition) is 5. The van der Waals surface area contributed by atoms with Crippen LogP contribution in [0.4, 0.5) is 5.69 Å². The summed E-state index contributed by atoms with van der Waals surface area (Å²) in [4.78, 5) is 10.6. The highest BCUT2D eigenvalue weighted by molar-refractivity contribution is 5.75. The van der Waals surface area contributed by atoms with Crippen molar-refractivity contribution in [2.45, 2.75) is 6.42 Å². The molecular formula is C15H15N3O4. The molecule has 0 radical (unpaired) electrons. The number of methoxy groups -OCH3 is 1. The molecule has 0 bridgehead atoms. The quantitative estimate of drug-likeness (QED) is 0.641. The van der Waals surface area contributed by atoms with Crippen LogP contribution in [0, 0.1) is 10.1 Å². The van der Waals surface area contributed by atoms with Gasteiger partial charge in [-0.2, -0.15) is 5.10 Å². The molecule has 0 saturated heterocycles. The number of rotatable bonds is 4. The Kier molecular flexibility index (Phi) is 3.88. The standard InChI is InChI=1S/C15H15N3O4/c1-21-15-13(3-2-4-14(15)18(19)20)11-9-16-17(10-11)12-5-7-22-8-6-12/h2-5,9-10H,6-8H2,1H3. The maximum atomic E-state index is 11.1. The predicted molar refractivity (Wildman–Crippen MR) is 80.6 cm³/mol. The lowest BCUT2D eigenvalue weighted by atomic mass is 10.1. The van der Waals surface area contributed by atoms with Gasteiger partial charge in [0.2, 0.25) is 5.75 Å². The third-order valence-corrected chi connectivity index (χ3v) is 3.52. The van der Waals surface area contributed by atoms with E-state index in [0.29, 0.717) is 18.8 Å². The van der Waals surface area contributed by atoms with E-state index in [1.165, 1.54) is 13.2 Å². The number of hydrogen-bond donors (Lipinski definition) is 0. The molecule has 22 heavy (non-hydrogen) atoms. The Labute approximate surface area is 126 Å². The molecule has 0 amide bonds. The van der Waals surface area contributed by atoms with Gasteiger partial charge in [-0.1, -0.05) is 12.1 Å². The lowest BCUT2D eigenvalue weighted by Crippen LogP contribution is -2.08. The number of para-hydroxylation sites is 1. The third kappa shape index (κ3) is 2.58. The van der Waals surface area contributed by atoms with E-state index in [4.69, 9.17) is 9.47 Å². The topological polar surface area (TPSA) is 79.4 Å². The second-order valence-corrected chi connectivity index (χ2v) is 4.81. The molecule has 1 aliphatic rings. The van der Waals surface area contributed by atoms with E-state index >= 15 is 0 Å². The van der Waals surface area contributed by atoms with Gasteiger partial charge in [0.1, 0.15) is 0 Å². The molecule has 0 saturated carbocycles. The smallest absolute Gasteiger partial charge is 0.311 e. The van der Waals surface area contributed by atoms with E-state index in [1.807, 2.05) is 12.3 Å². The van der Waals surface area contributed by atoms with Crippen LogP contribution in [0.2, 0.25) is 0 Å². The fraction of sp³-hybridized carbons (Fsp3) is 0.267. The van der Waals surface area contributed by atoms with Crippen LogP contribution in [0.5, 0.6) is 5.75 Å². The zero-order valence-electron chi connectivity index (χ0n) is 12.1. The van der Waals surface area contributed by atoms with Crippen LogP contribution in [-0.2, 0) is 4.74 Å². The number of nitro groups is 1. The molecule has 0 fully saturated rings. The predicted octanol–water partition coefficient (Wildman–Crippen LogP) is 2.73. The molecule has 0 N–H and O–H groups in total. The summed E-state index contributed by atoms with van der Waals surface area (Å²) in [6.07, 6.45) is 6.29. The summed E-state index contributed by atoms with van der Waals surface area (Å²) in [5.41, 5.74) is 2.42. The normalized spacial score (nSPS) is 14.5. The lowest BCUT2D eigenvalue weighted by Gasteiger charge is -2.13. The largest absolute Gasteiger partial charge is 0.490 e. The zero-order chi connectivity index (χ0) is 15.5. The Bertz CT molecular complexity index is 736. The summed E-state index contributed by atoms with van der Waals surface area (Å²) in [6, 6.07) is 4.85. The van der Waals surface area contributed by atoms with Crippen molar-refractivity contribution in [1.29, 1.82) is 0 Å². The van der Waals surface area contributed by atoms with Crippen LogP contribution in [0.15, 0.2) is 36.7 Å². The van der Waals surface area contributed by atoms with E-state index in [0.717, 1.165) is 17.7 Å². The van der Waals surface area contributed by atoms with Crippen LogP contribution >= 0.6 is 0 Å². The minimum absolute atomic E-state index is 0.0574. The van der Waals surface area contributed by atoms with Gasteiger partial charge in [0.25, 0.3) is 0 Å². The van der Waals surface area contributed by atoms with Crippen molar-refractivity contribution in [3.05, 3.63) is 46.8 Å². The molecule has 1 aliphatic heterocycles. The summed E-state index contributed by atoms with van der Waals surface area (Å²) < 4.78 is 12.3. The summed E-state index contributed by atoms with van der Waals surface area (Å²) in [5, 5.41) is 15.4. The van der Waals surface area contributed by atoms with E-state index in [2.05, 4.69) is 5.10 Å². The van der Waals surface area contributed by atoms with Gasteiger partial charge < -0.3 is 9.47 Å². The molecule has 0 unspecified atom stereocenters. The maximum Gasteiger partial charge on any atom is 0.311 e. The fourth-order valence-electron chi connectivity index (χ4n) is 2.45. The molecular weight excluding hydrogens is 286 g/mol. The minimum Gasteiger partial charge on any atom is -0.490 e. The first-order valence-corrected chi connectivity index (χ1v) is 6.84. The Hall–Kier alpha value is -2.67. The number of nitrogens with zero attached hydrogens (tertiary/aromatic N) is 3. The van der Waals surface area contributed by atoms with Gasteiger partial charge in [-0.25, -0.2) is 4.68 Å². The SMILES string of the molecule is COc1c(-c2cnn(C3=CCOCC3)c2)cccc1[N+](=O)[O-]. The van der Waals surface area contributed by atoms with Gasteiger partial charge in [0.15, 0.2) is 0 Å². The van der Waals surface area contributed by atoms with E-state index in [9.17, 15) is 10.1 Å². The number of ether oxygens (including phenoxy) is 2. The maximum absolute atomic E-state index is 11.1. The van der Waals surface area contributed by atoms with Crippen LogP contribution in [0.3, 0.4) is 0 Å². The molecule has 0 aliphatic carbocycles. The van der Waals surface area contributed by atoms with Gasteiger partial charge >= 0.3 is 5.69 Å². The van der Waals surface area contributed by atoms with E-state index < -0.39 is 4.92 Å². The molecule has 1 aromatic heterocycles. The second-order valence-electron chi connectivity index (χ2n) is 4.81. The lowest BCUT2D eigenvalue weighted by molar-refractivity contribution is -0.385. The van der Waals surface area contributed by atoms with Crippen molar-refractivity contribution in [3.63, 3.8) is 0 Å². The summed E-state index contributed by atoms with van der Waals surface area (Å²) in [6.45, 7) is 1.24. The monoisotopic (exact) mass is 301 g/mol. The van der Waals surface area contributed by atoms with Gasteiger partial charge in [-0.3, -0.25) is 10.1 Å². The minimum atomic E-state index is -0.451. The molecule has 2 aromatic rings. The van der Waals surface area contributed by atoms with Crippen LogP contribution in [0.1, 0.15) is 6.42 Å². The molecule has 0 spiro atoms. The highest BCUT2D eigenvalue weighted by atomic mass is 16.6. The molecule has 1 aromatic carbocycles. The van der Waals surface area contributed by atoms with Crippen LogP contribution in [-0.4, -0.2) is 35.0 Å². The highest BCUT2D eigenvalue weighted by Gasteiger charge is 2.20. The Morgan fingerprint density at radius 3 is 3.00 bits per heavy atom. The molecule has 0 atom stereocenters. The first-order valence-electron chi connectivity index (χ1n) is 6.84. The first-order chi connectivity index (χ1) is 10.7. The van der Waals surface area contributed by atoms with Gasteiger partial charge in [-0.15, -0.1) is 0 Å². The van der Waals surface area contributed by atoms with Crippen molar-refractivity contribution >= 4 is 11.4 Å². The van der Waals surface area contributed by atoms with Crippen LogP contribution in [0.25, 0.3) is 16.8 Å². The third-order valence-electron chi connectivity index (χ3n) is 3.52. The second kappa shape index (κ2) is 5.98. The zero-order valence-corrected chi connectivity index (χ0v) is 12.1. The van der Waals surface area contributed by atoms with E-state index in [1.54, 1.807) is 23.0 Å². The summed E-state index contributed by atoms with van der Waals surface area (Å²) in [7, 11) is 1.43.